The zero-order valence-corrected chi connectivity index (χ0v) is 14.3. The van der Waals surface area contributed by atoms with Gasteiger partial charge in [-0.15, -0.1) is 23.7 Å². The van der Waals surface area contributed by atoms with E-state index in [2.05, 4.69) is 23.5 Å². The van der Waals surface area contributed by atoms with Crippen molar-refractivity contribution < 1.29 is 4.79 Å². The van der Waals surface area contributed by atoms with E-state index in [4.69, 9.17) is 5.73 Å². The number of carbonyl (C=O) groups excluding carboxylic acids is 1. The Morgan fingerprint density at radius 3 is 2.55 bits per heavy atom. The molecule has 2 rings (SSSR count). The number of thiophene rings is 1. The Labute approximate surface area is 142 Å². The summed E-state index contributed by atoms with van der Waals surface area (Å²) in [5, 5.41) is 5.13. The van der Waals surface area contributed by atoms with Gasteiger partial charge in [0.1, 0.15) is 0 Å². The number of rotatable bonds is 7. The van der Waals surface area contributed by atoms with Gasteiger partial charge in [-0.05, 0) is 29.9 Å². The van der Waals surface area contributed by atoms with E-state index in [0.717, 1.165) is 17.7 Å². The van der Waals surface area contributed by atoms with Crippen molar-refractivity contribution in [1.82, 2.24) is 5.32 Å². The molecule has 0 fully saturated rings. The number of hydrogen-bond acceptors (Lipinski definition) is 3. The highest BCUT2D eigenvalue weighted by Crippen LogP contribution is 2.23. The molecule has 0 bridgehead atoms. The Balaban J connectivity index is 0.00000242. The van der Waals surface area contributed by atoms with Crippen molar-refractivity contribution in [3.05, 3.63) is 58.3 Å². The molecule has 1 aromatic carbocycles. The van der Waals surface area contributed by atoms with Crippen LogP contribution >= 0.6 is 23.7 Å². The summed E-state index contributed by atoms with van der Waals surface area (Å²) in [5.74, 6) is -0.0637. The lowest BCUT2D eigenvalue weighted by Crippen LogP contribution is -2.42. The lowest BCUT2D eigenvalue weighted by atomic mass is 10.0. The second-order valence-corrected chi connectivity index (χ2v) is 6.14. The van der Waals surface area contributed by atoms with E-state index in [9.17, 15) is 4.79 Å². The Morgan fingerprint density at radius 1 is 1.23 bits per heavy atom. The zero-order valence-electron chi connectivity index (χ0n) is 12.7. The van der Waals surface area contributed by atoms with Gasteiger partial charge in [0.05, 0.1) is 12.1 Å². The van der Waals surface area contributed by atoms with Gasteiger partial charge in [-0.1, -0.05) is 49.7 Å². The smallest absolute Gasteiger partial charge is 0.237 e. The summed E-state index contributed by atoms with van der Waals surface area (Å²) in [4.78, 5) is 13.4. The molecule has 2 atom stereocenters. The van der Waals surface area contributed by atoms with Crippen LogP contribution in [0.25, 0.3) is 0 Å². The summed E-state index contributed by atoms with van der Waals surface area (Å²) in [6.07, 6.45) is 2.41. The third-order valence-corrected chi connectivity index (χ3v) is 4.41. The van der Waals surface area contributed by atoms with Gasteiger partial charge in [-0.3, -0.25) is 4.79 Å². The molecule has 3 N–H and O–H groups in total. The van der Waals surface area contributed by atoms with Crippen molar-refractivity contribution in [3.63, 3.8) is 0 Å². The lowest BCUT2D eigenvalue weighted by Gasteiger charge is -2.20. The normalized spacial score (nSPS) is 13.0. The van der Waals surface area contributed by atoms with Gasteiger partial charge in [-0.25, -0.2) is 0 Å². The first-order valence-electron chi connectivity index (χ1n) is 7.34. The quantitative estimate of drug-likeness (QED) is 0.808. The van der Waals surface area contributed by atoms with E-state index in [0.29, 0.717) is 6.42 Å². The number of carbonyl (C=O) groups is 1. The van der Waals surface area contributed by atoms with Gasteiger partial charge >= 0.3 is 0 Å². The van der Waals surface area contributed by atoms with Gasteiger partial charge in [0.25, 0.3) is 0 Å². The topological polar surface area (TPSA) is 55.1 Å². The molecule has 0 aliphatic carbocycles. The molecule has 1 heterocycles. The Kier molecular flexibility index (Phi) is 8.17. The molecule has 120 valence electrons. The second kappa shape index (κ2) is 9.62. The molecule has 1 aromatic heterocycles. The number of amides is 1. The van der Waals surface area contributed by atoms with Gasteiger partial charge in [0, 0.05) is 4.88 Å². The van der Waals surface area contributed by atoms with E-state index in [1.165, 1.54) is 5.56 Å². The maximum absolute atomic E-state index is 12.2. The van der Waals surface area contributed by atoms with Gasteiger partial charge in [0.15, 0.2) is 0 Å². The molecule has 0 aliphatic rings. The number of nitrogens with one attached hydrogen (secondary N) is 1. The SMILES string of the molecule is CCCC(N)C(=O)NC(Cc1ccccc1)c1cccs1.Cl. The predicted molar refractivity (Wildman–Crippen MR) is 95.5 cm³/mol. The highest BCUT2D eigenvalue weighted by atomic mass is 35.5. The largest absolute Gasteiger partial charge is 0.347 e. The lowest BCUT2D eigenvalue weighted by molar-refractivity contribution is -0.123. The molecular weight excluding hydrogens is 316 g/mol. The highest BCUT2D eigenvalue weighted by Gasteiger charge is 2.19. The first-order chi connectivity index (χ1) is 10.2. The van der Waals surface area contributed by atoms with E-state index in [1.807, 2.05) is 36.6 Å². The van der Waals surface area contributed by atoms with E-state index >= 15 is 0 Å². The maximum Gasteiger partial charge on any atom is 0.237 e. The monoisotopic (exact) mass is 338 g/mol. The summed E-state index contributed by atoms with van der Waals surface area (Å²) in [6, 6.07) is 13.8. The molecule has 22 heavy (non-hydrogen) atoms. The average molecular weight is 339 g/mol. The van der Waals surface area contributed by atoms with Crippen LogP contribution in [0.15, 0.2) is 47.8 Å². The molecule has 2 unspecified atom stereocenters. The van der Waals surface area contributed by atoms with E-state index in [-0.39, 0.29) is 24.4 Å². The van der Waals surface area contributed by atoms with Crippen LogP contribution in [0.5, 0.6) is 0 Å². The predicted octanol–water partition coefficient (Wildman–Crippen LogP) is 3.70. The molecule has 0 saturated carbocycles. The van der Waals surface area contributed by atoms with Crippen LogP contribution in [0.4, 0.5) is 0 Å². The number of halogens is 1. The average Bonchev–Trinajstić information content (AvgIpc) is 3.02. The van der Waals surface area contributed by atoms with Crippen LogP contribution in [0.1, 0.15) is 36.2 Å². The third kappa shape index (κ3) is 5.44. The molecular formula is C17H23ClN2OS. The van der Waals surface area contributed by atoms with Crippen molar-refractivity contribution in [3.8, 4) is 0 Å². The highest BCUT2D eigenvalue weighted by molar-refractivity contribution is 7.10. The first kappa shape index (κ1) is 18.7. The van der Waals surface area contributed by atoms with Gasteiger partial charge in [-0.2, -0.15) is 0 Å². The molecule has 5 heteroatoms. The van der Waals surface area contributed by atoms with Crippen molar-refractivity contribution in [2.45, 2.75) is 38.3 Å². The summed E-state index contributed by atoms with van der Waals surface area (Å²) in [7, 11) is 0. The third-order valence-electron chi connectivity index (χ3n) is 3.42. The molecule has 0 radical (unpaired) electrons. The summed E-state index contributed by atoms with van der Waals surface area (Å²) < 4.78 is 0. The van der Waals surface area contributed by atoms with E-state index < -0.39 is 6.04 Å². The van der Waals surface area contributed by atoms with Crippen LogP contribution < -0.4 is 11.1 Å². The number of nitrogens with two attached hydrogens (primary N) is 1. The fourth-order valence-corrected chi connectivity index (χ4v) is 3.06. The fraction of sp³-hybridized carbons (Fsp3) is 0.353. The van der Waals surface area contributed by atoms with Crippen molar-refractivity contribution >= 4 is 29.7 Å². The van der Waals surface area contributed by atoms with Crippen molar-refractivity contribution in [2.75, 3.05) is 0 Å². The summed E-state index contributed by atoms with van der Waals surface area (Å²) in [6.45, 7) is 2.04. The van der Waals surface area contributed by atoms with Gasteiger partial charge < -0.3 is 11.1 Å². The van der Waals surface area contributed by atoms with Crippen LogP contribution in [0.3, 0.4) is 0 Å². The summed E-state index contributed by atoms with van der Waals surface area (Å²) in [5.41, 5.74) is 7.12. The molecule has 1 amide bonds. The van der Waals surface area contributed by atoms with Crippen molar-refractivity contribution in [2.24, 2.45) is 5.73 Å². The molecule has 2 aromatic rings. The standard InChI is InChI=1S/C17H22N2OS.ClH/c1-2-7-14(18)17(20)19-15(16-10-6-11-21-16)12-13-8-4-3-5-9-13;/h3-6,8-11,14-15H,2,7,12,18H2,1H3,(H,19,20);1H. The number of benzene rings is 1. The minimum atomic E-state index is -0.423. The molecule has 3 nitrogen and oxygen atoms in total. The molecule has 0 spiro atoms. The zero-order chi connectivity index (χ0) is 15.1. The Morgan fingerprint density at radius 2 is 1.95 bits per heavy atom. The Hall–Kier alpha value is -1.36. The molecule has 0 saturated heterocycles. The second-order valence-electron chi connectivity index (χ2n) is 5.16. The fourth-order valence-electron chi connectivity index (χ4n) is 2.28. The van der Waals surface area contributed by atoms with Crippen LogP contribution in [-0.4, -0.2) is 11.9 Å². The minimum Gasteiger partial charge on any atom is -0.347 e. The molecule has 0 aliphatic heterocycles. The number of hydrogen-bond donors (Lipinski definition) is 2. The van der Waals surface area contributed by atoms with Crippen molar-refractivity contribution in [1.29, 1.82) is 0 Å². The first-order valence-corrected chi connectivity index (χ1v) is 8.22. The maximum atomic E-state index is 12.2. The minimum absolute atomic E-state index is 0. The van der Waals surface area contributed by atoms with Crippen LogP contribution in [-0.2, 0) is 11.2 Å². The van der Waals surface area contributed by atoms with Gasteiger partial charge in [0.2, 0.25) is 5.91 Å². The van der Waals surface area contributed by atoms with Crippen LogP contribution in [0, 0.1) is 0 Å². The summed E-state index contributed by atoms with van der Waals surface area (Å²) >= 11 is 1.66. The van der Waals surface area contributed by atoms with Crippen LogP contribution in [0.2, 0.25) is 0 Å². The van der Waals surface area contributed by atoms with E-state index in [1.54, 1.807) is 11.3 Å². The Bertz CT molecular complexity index is 545.